The summed E-state index contributed by atoms with van der Waals surface area (Å²) in [6.45, 7) is 0. The van der Waals surface area contributed by atoms with E-state index in [-0.39, 0.29) is 17.7 Å². The van der Waals surface area contributed by atoms with Crippen LogP contribution in [0.25, 0.3) is 10.9 Å². The molecule has 0 saturated heterocycles. The summed E-state index contributed by atoms with van der Waals surface area (Å²) in [6.07, 6.45) is 0. The fourth-order valence-corrected chi connectivity index (χ4v) is 4.52. The smallest absolute Gasteiger partial charge is 0.276 e. The van der Waals surface area contributed by atoms with Gasteiger partial charge < -0.3 is 19.1 Å². The number of amides is 1. The van der Waals surface area contributed by atoms with Crippen LogP contribution in [0.2, 0.25) is 0 Å². The SMILES string of the molecule is COc1ccc(N2C(=O)c3c(c4ccccc4n3C)[C@@H]2c2ccc(OC)c(O)c2)cc1. The maximum Gasteiger partial charge on any atom is 0.276 e. The van der Waals surface area contributed by atoms with Crippen LogP contribution >= 0.6 is 0 Å². The molecule has 0 radical (unpaired) electrons. The number of carbonyl (C=O) groups is 1. The third-order valence-corrected chi connectivity index (χ3v) is 5.97. The summed E-state index contributed by atoms with van der Waals surface area (Å²) in [7, 11) is 5.04. The molecule has 0 fully saturated rings. The molecule has 1 N–H and O–H groups in total. The number of nitrogens with zero attached hydrogens (tertiary/aromatic N) is 2. The van der Waals surface area contributed by atoms with Crippen LogP contribution in [-0.2, 0) is 7.05 Å². The summed E-state index contributed by atoms with van der Waals surface area (Å²) in [5.74, 6) is 1.06. The van der Waals surface area contributed by atoms with E-state index >= 15 is 0 Å². The zero-order chi connectivity index (χ0) is 21.7. The van der Waals surface area contributed by atoms with Gasteiger partial charge >= 0.3 is 0 Å². The summed E-state index contributed by atoms with van der Waals surface area (Å²) in [5.41, 5.74) is 4.14. The fraction of sp³-hybridized carbons (Fsp3) is 0.160. The summed E-state index contributed by atoms with van der Waals surface area (Å²) < 4.78 is 12.4. The molecule has 6 heteroatoms. The number of hydrogen-bond acceptors (Lipinski definition) is 4. The van der Waals surface area contributed by atoms with Crippen molar-refractivity contribution < 1.29 is 19.4 Å². The Balaban J connectivity index is 1.76. The zero-order valence-corrected chi connectivity index (χ0v) is 17.5. The van der Waals surface area contributed by atoms with Crippen molar-refractivity contribution in [2.75, 3.05) is 19.1 Å². The first-order valence-corrected chi connectivity index (χ1v) is 9.97. The maximum absolute atomic E-state index is 13.7. The average Bonchev–Trinajstić information content (AvgIpc) is 3.26. The molecule has 3 aromatic carbocycles. The average molecular weight is 414 g/mol. The van der Waals surface area contributed by atoms with Gasteiger partial charge in [-0.1, -0.05) is 24.3 Å². The molecule has 1 atom stereocenters. The highest BCUT2D eigenvalue weighted by atomic mass is 16.5. The van der Waals surface area contributed by atoms with Gasteiger partial charge in [-0.25, -0.2) is 0 Å². The number of fused-ring (bicyclic) bond motifs is 3. The summed E-state index contributed by atoms with van der Waals surface area (Å²) in [5, 5.41) is 11.5. The second-order valence-electron chi connectivity index (χ2n) is 7.55. The molecule has 0 spiro atoms. The molecule has 1 amide bonds. The van der Waals surface area contributed by atoms with Gasteiger partial charge in [-0.2, -0.15) is 0 Å². The highest BCUT2D eigenvalue weighted by molar-refractivity contribution is 6.15. The van der Waals surface area contributed by atoms with Gasteiger partial charge in [0.15, 0.2) is 11.5 Å². The second kappa shape index (κ2) is 7.09. The Bertz CT molecular complexity index is 1310. The molecule has 0 saturated carbocycles. The van der Waals surface area contributed by atoms with E-state index in [9.17, 15) is 9.90 Å². The number of rotatable bonds is 4. The first kappa shape index (κ1) is 19.1. The minimum Gasteiger partial charge on any atom is -0.504 e. The topological polar surface area (TPSA) is 63.9 Å². The van der Waals surface area contributed by atoms with Crippen molar-refractivity contribution in [1.82, 2.24) is 4.57 Å². The van der Waals surface area contributed by atoms with Gasteiger partial charge in [0, 0.05) is 29.2 Å². The molecule has 1 aromatic heterocycles. The lowest BCUT2D eigenvalue weighted by Gasteiger charge is -2.27. The van der Waals surface area contributed by atoms with Crippen molar-refractivity contribution in [1.29, 1.82) is 0 Å². The quantitative estimate of drug-likeness (QED) is 0.528. The fourth-order valence-electron chi connectivity index (χ4n) is 4.52. The molecule has 6 nitrogen and oxygen atoms in total. The molecule has 1 aliphatic heterocycles. The molecular formula is C25H22N2O4. The van der Waals surface area contributed by atoms with Crippen LogP contribution in [0, 0.1) is 0 Å². The predicted octanol–water partition coefficient (Wildman–Crippen LogP) is 4.65. The van der Waals surface area contributed by atoms with Crippen molar-refractivity contribution in [3.05, 3.63) is 83.6 Å². The summed E-state index contributed by atoms with van der Waals surface area (Å²) >= 11 is 0. The van der Waals surface area contributed by atoms with Crippen LogP contribution in [0.15, 0.2) is 66.7 Å². The zero-order valence-electron chi connectivity index (χ0n) is 17.5. The minimum atomic E-state index is -0.390. The first-order valence-electron chi connectivity index (χ1n) is 9.97. The number of phenols is 1. The van der Waals surface area contributed by atoms with Crippen LogP contribution in [0.4, 0.5) is 5.69 Å². The third-order valence-electron chi connectivity index (χ3n) is 5.97. The monoisotopic (exact) mass is 414 g/mol. The van der Waals surface area contributed by atoms with Gasteiger partial charge in [0.2, 0.25) is 0 Å². The lowest BCUT2D eigenvalue weighted by Crippen LogP contribution is -2.29. The number of hydrogen-bond donors (Lipinski definition) is 1. The van der Waals surface area contributed by atoms with Gasteiger partial charge in [-0.15, -0.1) is 0 Å². The van der Waals surface area contributed by atoms with E-state index in [2.05, 4.69) is 0 Å². The predicted molar refractivity (Wildman–Crippen MR) is 119 cm³/mol. The Kier molecular flexibility index (Phi) is 4.36. The van der Waals surface area contributed by atoms with Crippen molar-refractivity contribution in [3.8, 4) is 17.2 Å². The van der Waals surface area contributed by atoms with E-state index in [0.717, 1.165) is 33.5 Å². The van der Waals surface area contributed by atoms with E-state index in [1.54, 1.807) is 24.1 Å². The number of aryl methyl sites for hydroxylation is 1. The Hall–Kier alpha value is -3.93. The molecule has 4 aromatic rings. The van der Waals surface area contributed by atoms with Crippen LogP contribution in [0.5, 0.6) is 17.2 Å². The molecule has 0 bridgehead atoms. The van der Waals surface area contributed by atoms with Crippen LogP contribution < -0.4 is 14.4 Å². The Labute approximate surface area is 179 Å². The number of methoxy groups -OCH3 is 2. The summed E-state index contributed by atoms with van der Waals surface area (Å²) in [4.78, 5) is 15.5. The molecular weight excluding hydrogens is 392 g/mol. The maximum atomic E-state index is 13.7. The van der Waals surface area contributed by atoms with E-state index in [1.165, 1.54) is 7.11 Å². The number of anilines is 1. The standard InChI is InChI=1S/C25H22N2O4/c1-26-19-7-5-4-6-18(19)22-23(15-8-13-21(31-3)20(28)14-15)27(25(29)24(22)26)16-9-11-17(30-2)12-10-16/h4-14,23,28H,1-3H3/t23-/m0/s1. The second-order valence-corrected chi connectivity index (χ2v) is 7.55. The number of aromatic hydroxyl groups is 1. The Morgan fingerprint density at radius 3 is 2.35 bits per heavy atom. The number of phenolic OH excluding ortho intramolecular Hbond substituents is 1. The Morgan fingerprint density at radius 1 is 0.935 bits per heavy atom. The van der Waals surface area contributed by atoms with Gasteiger partial charge in [0.05, 0.1) is 20.3 Å². The van der Waals surface area contributed by atoms with Gasteiger partial charge in [0.25, 0.3) is 5.91 Å². The van der Waals surface area contributed by atoms with Gasteiger partial charge in [0.1, 0.15) is 11.4 Å². The third kappa shape index (κ3) is 2.75. The molecule has 0 unspecified atom stereocenters. The van der Waals surface area contributed by atoms with Crippen molar-refractivity contribution in [2.24, 2.45) is 7.05 Å². The number of ether oxygens (including phenoxy) is 2. The van der Waals surface area contributed by atoms with Crippen molar-refractivity contribution in [3.63, 3.8) is 0 Å². The van der Waals surface area contributed by atoms with Crippen molar-refractivity contribution in [2.45, 2.75) is 6.04 Å². The lowest BCUT2D eigenvalue weighted by molar-refractivity contribution is 0.0986. The van der Waals surface area contributed by atoms with Crippen LogP contribution in [0.1, 0.15) is 27.7 Å². The van der Waals surface area contributed by atoms with Crippen LogP contribution in [-0.4, -0.2) is 29.8 Å². The lowest BCUT2D eigenvalue weighted by atomic mass is 9.97. The Morgan fingerprint density at radius 2 is 1.68 bits per heavy atom. The molecule has 0 aliphatic carbocycles. The highest BCUT2D eigenvalue weighted by Gasteiger charge is 2.43. The van der Waals surface area contributed by atoms with Crippen molar-refractivity contribution >= 4 is 22.5 Å². The number of para-hydroxylation sites is 1. The largest absolute Gasteiger partial charge is 0.504 e. The number of carbonyl (C=O) groups excluding carboxylic acids is 1. The highest BCUT2D eigenvalue weighted by Crippen LogP contribution is 2.47. The molecule has 156 valence electrons. The minimum absolute atomic E-state index is 0.0378. The van der Waals surface area contributed by atoms with E-state index in [4.69, 9.17) is 9.47 Å². The number of aromatic nitrogens is 1. The summed E-state index contributed by atoms with van der Waals surface area (Å²) in [6, 6.07) is 20.3. The number of benzene rings is 3. The normalized spacial score (nSPS) is 15.4. The molecule has 31 heavy (non-hydrogen) atoms. The molecule has 1 aliphatic rings. The van der Waals surface area contributed by atoms with Crippen LogP contribution in [0.3, 0.4) is 0 Å². The molecule has 2 heterocycles. The van der Waals surface area contributed by atoms with E-state index in [1.807, 2.05) is 66.2 Å². The van der Waals surface area contributed by atoms with E-state index in [0.29, 0.717) is 11.4 Å². The first-order chi connectivity index (χ1) is 15.0. The molecule has 5 rings (SSSR count). The van der Waals surface area contributed by atoms with Gasteiger partial charge in [-0.05, 0) is 48.0 Å². The van der Waals surface area contributed by atoms with E-state index < -0.39 is 0 Å². The van der Waals surface area contributed by atoms with Gasteiger partial charge in [-0.3, -0.25) is 9.69 Å².